The van der Waals surface area contributed by atoms with Crippen molar-refractivity contribution in [1.29, 1.82) is 0 Å². The van der Waals surface area contributed by atoms with Gasteiger partial charge in [0.15, 0.2) is 0 Å². The van der Waals surface area contributed by atoms with Crippen molar-refractivity contribution in [3.63, 3.8) is 0 Å². The van der Waals surface area contributed by atoms with Crippen LogP contribution in [0.15, 0.2) is 11.6 Å². The van der Waals surface area contributed by atoms with Gasteiger partial charge in [-0.1, -0.05) is 59.1 Å². The Bertz CT molecular complexity index is 607. The molecule has 0 bridgehead atoms. The van der Waals surface area contributed by atoms with Crippen molar-refractivity contribution in [1.82, 2.24) is 0 Å². The van der Waals surface area contributed by atoms with Crippen molar-refractivity contribution < 1.29 is 5.11 Å². The lowest BCUT2D eigenvalue weighted by Gasteiger charge is -2.58. The van der Waals surface area contributed by atoms with Crippen LogP contribution >= 0.6 is 0 Å². The summed E-state index contributed by atoms with van der Waals surface area (Å²) in [4.78, 5) is 0. The van der Waals surface area contributed by atoms with Crippen molar-refractivity contribution in [3.8, 4) is 0 Å². The van der Waals surface area contributed by atoms with Gasteiger partial charge in [-0.3, -0.25) is 0 Å². The first kappa shape index (κ1) is 21.9. The molecule has 1 heteroatoms. The molecule has 4 rings (SSSR count). The van der Waals surface area contributed by atoms with Gasteiger partial charge in [0.25, 0.3) is 0 Å². The molecule has 0 radical (unpaired) electrons. The van der Waals surface area contributed by atoms with Crippen LogP contribution in [0, 0.1) is 52.3 Å². The molecule has 9 atom stereocenters. The summed E-state index contributed by atoms with van der Waals surface area (Å²) in [6.07, 6.45) is 18.2. The zero-order chi connectivity index (χ0) is 20.8. The Labute approximate surface area is 181 Å². The molecule has 3 saturated carbocycles. The highest BCUT2D eigenvalue weighted by atomic mass is 16.3. The molecule has 166 valence electrons. The molecule has 29 heavy (non-hydrogen) atoms. The molecule has 0 heterocycles. The number of hydrogen-bond donors (Lipinski definition) is 1. The average molecular weight is 401 g/mol. The van der Waals surface area contributed by atoms with Gasteiger partial charge >= 0.3 is 0 Å². The lowest BCUT2D eigenvalue weighted by atomic mass is 9.46. The molecule has 0 saturated heterocycles. The maximum absolute atomic E-state index is 9.33. The van der Waals surface area contributed by atoms with Crippen LogP contribution in [0.4, 0.5) is 0 Å². The number of hydrogen-bond acceptors (Lipinski definition) is 1. The Kier molecular flexibility index (Phi) is 6.29. The number of aliphatic hydroxyl groups excluding tert-OH is 1. The van der Waals surface area contributed by atoms with Crippen LogP contribution in [-0.2, 0) is 0 Å². The lowest BCUT2D eigenvalue weighted by molar-refractivity contribution is -0.0523. The van der Waals surface area contributed by atoms with E-state index in [9.17, 15) is 5.11 Å². The summed E-state index contributed by atoms with van der Waals surface area (Å²) in [5.74, 6) is 6.07. The molecule has 0 aromatic carbocycles. The van der Waals surface area contributed by atoms with Crippen molar-refractivity contribution in [2.45, 2.75) is 105 Å². The van der Waals surface area contributed by atoms with Crippen molar-refractivity contribution in [2.75, 3.05) is 6.61 Å². The summed E-state index contributed by atoms with van der Waals surface area (Å²) >= 11 is 0. The van der Waals surface area contributed by atoms with E-state index in [1.54, 1.807) is 0 Å². The lowest BCUT2D eigenvalue weighted by Crippen LogP contribution is -2.50. The maximum atomic E-state index is 9.33. The molecule has 0 aromatic heterocycles. The first-order valence-electron chi connectivity index (χ1n) is 13.1. The molecule has 3 fully saturated rings. The highest BCUT2D eigenvalue weighted by molar-refractivity contribution is 5.25. The zero-order valence-electron chi connectivity index (χ0n) is 20.1. The van der Waals surface area contributed by atoms with Crippen molar-refractivity contribution in [2.24, 2.45) is 52.3 Å². The average Bonchev–Trinajstić information content (AvgIpc) is 3.05. The SMILES string of the molecule is CC(CO)CCC[C@@H](C)[C@H]1CC[C@H]2[C@@H]3CC=C4CC(C)CC[C@]4(C)[C@H]3CC[C@]12C. The van der Waals surface area contributed by atoms with Gasteiger partial charge in [-0.2, -0.15) is 0 Å². The zero-order valence-corrected chi connectivity index (χ0v) is 20.1. The minimum Gasteiger partial charge on any atom is -0.396 e. The van der Waals surface area contributed by atoms with Gasteiger partial charge in [0.1, 0.15) is 0 Å². The minimum absolute atomic E-state index is 0.355. The molecule has 2 unspecified atom stereocenters. The molecule has 4 aliphatic rings. The Balaban J connectivity index is 1.46. The quantitative estimate of drug-likeness (QED) is 0.454. The van der Waals surface area contributed by atoms with Gasteiger partial charge in [0, 0.05) is 6.61 Å². The molecular formula is C28H48O. The van der Waals surface area contributed by atoms with Crippen LogP contribution < -0.4 is 0 Å². The monoisotopic (exact) mass is 400 g/mol. The van der Waals surface area contributed by atoms with Crippen molar-refractivity contribution >= 4 is 0 Å². The van der Waals surface area contributed by atoms with Crippen LogP contribution in [0.5, 0.6) is 0 Å². The largest absolute Gasteiger partial charge is 0.396 e. The molecule has 1 N–H and O–H groups in total. The molecule has 1 nitrogen and oxygen atoms in total. The fraction of sp³-hybridized carbons (Fsp3) is 0.929. The Morgan fingerprint density at radius 1 is 1.03 bits per heavy atom. The molecule has 0 amide bonds. The van der Waals surface area contributed by atoms with E-state index in [1.807, 2.05) is 5.57 Å². The summed E-state index contributed by atoms with van der Waals surface area (Å²) in [6, 6.07) is 0. The van der Waals surface area contributed by atoms with E-state index in [4.69, 9.17) is 0 Å². The highest BCUT2D eigenvalue weighted by Gasteiger charge is 2.58. The predicted molar refractivity (Wildman–Crippen MR) is 124 cm³/mol. The third-order valence-corrected chi connectivity index (χ3v) is 10.8. The summed E-state index contributed by atoms with van der Waals surface area (Å²) in [7, 11) is 0. The number of allylic oxidation sites excluding steroid dienone is 2. The van der Waals surface area contributed by atoms with E-state index in [0.29, 0.717) is 23.4 Å². The Morgan fingerprint density at radius 2 is 1.83 bits per heavy atom. The first-order chi connectivity index (χ1) is 13.8. The second-order valence-electron chi connectivity index (χ2n) is 12.5. The van der Waals surface area contributed by atoms with Crippen LogP contribution in [-0.4, -0.2) is 11.7 Å². The van der Waals surface area contributed by atoms with Gasteiger partial charge in [0.2, 0.25) is 0 Å². The van der Waals surface area contributed by atoms with Gasteiger partial charge in [-0.05, 0) is 110 Å². The molecule has 4 aliphatic carbocycles. The molecular weight excluding hydrogens is 352 g/mol. The van der Waals surface area contributed by atoms with Crippen molar-refractivity contribution in [3.05, 3.63) is 11.6 Å². The predicted octanol–water partition coefficient (Wildman–Crippen LogP) is 7.64. The van der Waals surface area contributed by atoms with Crippen LogP contribution in [0.3, 0.4) is 0 Å². The fourth-order valence-corrected chi connectivity index (χ4v) is 8.90. The molecule has 0 spiro atoms. The highest BCUT2D eigenvalue weighted by Crippen LogP contribution is 2.67. The van der Waals surface area contributed by atoms with E-state index < -0.39 is 0 Å². The van der Waals surface area contributed by atoms with E-state index in [2.05, 4.69) is 40.7 Å². The molecule has 0 aromatic rings. The Hall–Kier alpha value is -0.300. The maximum Gasteiger partial charge on any atom is 0.0456 e. The topological polar surface area (TPSA) is 20.2 Å². The first-order valence-corrected chi connectivity index (χ1v) is 13.1. The van der Waals surface area contributed by atoms with Gasteiger partial charge in [0.05, 0.1) is 0 Å². The van der Waals surface area contributed by atoms with E-state index in [0.717, 1.165) is 35.5 Å². The van der Waals surface area contributed by atoms with Crippen LogP contribution in [0.1, 0.15) is 105 Å². The number of rotatable bonds is 6. The van der Waals surface area contributed by atoms with Gasteiger partial charge in [-0.15, -0.1) is 0 Å². The minimum atomic E-state index is 0.355. The molecule has 0 aliphatic heterocycles. The van der Waals surface area contributed by atoms with E-state index in [-0.39, 0.29) is 0 Å². The smallest absolute Gasteiger partial charge is 0.0456 e. The second kappa shape index (κ2) is 8.33. The third-order valence-electron chi connectivity index (χ3n) is 10.8. The summed E-state index contributed by atoms with van der Waals surface area (Å²) in [5.41, 5.74) is 2.97. The second-order valence-corrected chi connectivity index (χ2v) is 12.5. The van der Waals surface area contributed by atoms with E-state index >= 15 is 0 Å². The van der Waals surface area contributed by atoms with Crippen LogP contribution in [0.25, 0.3) is 0 Å². The standard InChI is InChI=1S/C28H48O/c1-19-13-15-27(4)22(17-19)9-10-23-25-12-11-24(28(25,5)16-14-26(23)27)21(3)8-6-7-20(2)18-29/h9,19-21,23-26,29H,6-8,10-18H2,1-5H3/t19?,20?,21-,23+,24-,25+,26+,27+,28-/m1/s1. The van der Waals surface area contributed by atoms with Gasteiger partial charge < -0.3 is 5.11 Å². The number of aliphatic hydroxyl groups is 1. The fourth-order valence-electron chi connectivity index (χ4n) is 8.90. The van der Waals surface area contributed by atoms with Crippen LogP contribution in [0.2, 0.25) is 0 Å². The summed E-state index contributed by atoms with van der Waals surface area (Å²) in [5, 5.41) is 9.33. The Morgan fingerprint density at radius 3 is 2.59 bits per heavy atom. The summed E-state index contributed by atoms with van der Waals surface area (Å²) < 4.78 is 0. The third kappa shape index (κ3) is 3.77. The van der Waals surface area contributed by atoms with E-state index in [1.165, 1.54) is 70.6 Å². The van der Waals surface area contributed by atoms with Gasteiger partial charge in [-0.25, -0.2) is 0 Å². The summed E-state index contributed by atoms with van der Waals surface area (Å²) in [6.45, 7) is 12.9. The normalized spacial score (nSPS) is 46.3. The number of fused-ring (bicyclic) bond motifs is 5.